The average molecular weight is 455 g/mol. The maximum absolute atomic E-state index is 12.5. The predicted octanol–water partition coefficient (Wildman–Crippen LogP) is 2.67. The third kappa shape index (κ3) is 5.17. The zero-order valence-corrected chi connectivity index (χ0v) is 20.0. The summed E-state index contributed by atoms with van der Waals surface area (Å²) in [5.74, 6) is -3.11. The Kier molecular flexibility index (Phi) is 8.88. The highest BCUT2D eigenvalue weighted by atomic mass is 16.6. The quantitative estimate of drug-likeness (QED) is 0.322. The molecule has 0 bridgehead atoms. The van der Waals surface area contributed by atoms with Gasteiger partial charge in [-0.25, -0.2) is 4.79 Å². The van der Waals surface area contributed by atoms with E-state index in [1.54, 1.807) is 0 Å². The highest BCUT2D eigenvalue weighted by Gasteiger charge is 2.54. The second kappa shape index (κ2) is 10.8. The van der Waals surface area contributed by atoms with E-state index < -0.39 is 29.9 Å². The first kappa shape index (κ1) is 26.3. The van der Waals surface area contributed by atoms with E-state index >= 15 is 0 Å². The van der Waals surface area contributed by atoms with Gasteiger partial charge in [0.2, 0.25) is 0 Å². The normalized spacial score (nSPS) is 31.8. The number of hydrogen-bond donors (Lipinski definition) is 1. The van der Waals surface area contributed by atoms with Gasteiger partial charge in [0.25, 0.3) is 0 Å². The standard InChI is InChI=1S/C24H38O8/c1-15-8-9-18-23(2,14-25)10-7-11-24(18,3)17(15)13-32-20(22(28)31-6)16(21(27)30-5)12-19(26)29-4/h16-18,20,25H,1,7-14H2,2-6H3/t16-,17-,18-,20+,23-,24+/m0/s1. The predicted molar refractivity (Wildman–Crippen MR) is 116 cm³/mol. The molecular weight excluding hydrogens is 416 g/mol. The van der Waals surface area contributed by atoms with E-state index in [4.69, 9.17) is 14.2 Å². The average Bonchev–Trinajstić information content (AvgIpc) is 2.78. The molecule has 6 atom stereocenters. The van der Waals surface area contributed by atoms with Gasteiger partial charge in [-0.3, -0.25) is 9.59 Å². The number of ether oxygens (including phenoxy) is 4. The second-order valence-corrected chi connectivity index (χ2v) is 9.66. The molecule has 182 valence electrons. The Balaban J connectivity index is 2.30. The Morgan fingerprint density at radius 3 is 2.31 bits per heavy atom. The van der Waals surface area contributed by atoms with Crippen LogP contribution in [0.4, 0.5) is 0 Å². The van der Waals surface area contributed by atoms with Crippen LogP contribution in [0.15, 0.2) is 12.2 Å². The first-order valence-corrected chi connectivity index (χ1v) is 11.2. The van der Waals surface area contributed by atoms with Crippen molar-refractivity contribution in [1.82, 2.24) is 0 Å². The van der Waals surface area contributed by atoms with Crippen LogP contribution >= 0.6 is 0 Å². The summed E-state index contributed by atoms with van der Waals surface area (Å²) in [6.07, 6.45) is 3.02. The maximum Gasteiger partial charge on any atom is 0.335 e. The van der Waals surface area contributed by atoms with Gasteiger partial charge in [0, 0.05) is 12.5 Å². The Hall–Kier alpha value is -1.93. The molecule has 0 amide bonds. The molecule has 0 radical (unpaired) electrons. The van der Waals surface area contributed by atoms with Crippen LogP contribution in [0.25, 0.3) is 0 Å². The number of carbonyl (C=O) groups excluding carboxylic acids is 3. The van der Waals surface area contributed by atoms with Crippen LogP contribution in [0.2, 0.25) is 0 Å². The molecule has 0 aliphatic heterocycles. The van der Waals surface area contributed by atoms with Crippen molar-refractivity contribution in [3.8, 4) is 0 Å². The van der Waals surface area contributed by atoms with Crippen LogP contribution in [0, 0.1) is 28.6 Å². The van der Waals surface area contributed by atoms with Crippen LogP contribution in [-0.4, -0.2) is 63.7 Å². The number of fused-ring (bicyclic) bond motifs is 1. The van der Waals surface area contributed by atoms with Crippen LogP contribution in [0.3, 0.4) is 0 Å². The SMILES string of the molecule is C=C1CC[C@H]2[C@](C)(CO)CCC[C@]2(C)[C@H]1CO[C@@H](C(=O)OC)[C@H](CC(=O)OC)C(=O)OC. The minimum Gasteiger partial charge on any atom is -0.469 e. The van der Waals surface area contributed by atoms with Crippen LogP contribution in [0.1, 0.15) is 52.4 Å². The number of hydrogen-bond acceptors (Lipinski definition) is 8. The number of esters is 3. The number of aliphatic hydroxyl groups excluding tert-OH is 1. The topological polar surface area (TPSA) is 108 Å². The summed E-state index contributed by atoms with van der Waals surface area (Å²) in [5.41, 5.74) is 0.708. The van der Waals surface area contributed by atoms with E-state index in [-0.39, 0.29) is 42.3 Å². The van der Waals surface area contributed by atoms with Gasteiger partial charge in [-0.2, -0.15) is 0 Å². The summed E-state index contributed by atoms with van der Waals surface area (Å²) in [6, 6.07) is 0. The van der Waals surface area contributed by atoms with Crippen molar-refractivity contribution >= 4 is 17.9 Å². The number of methoxy groups -OCH3 is 3. The summed E-state index contributed by atoms with van der Waals surface area (Å²) in [4.78, 5) is 36.8. The molecular formula is C24H38O8. The molecule has 0 aromatic carbocycles. The van der Waals surface area contributed by atoms with Crippen LogP contribution < -0.4 is 0 Å². The zero-order valence-electron chi connectivity index (χ0n) is 20.0. The minimum absolute atomic E-state index is 0.0593. The molecule has 2 saturated carbocycles. The number of carbonyl (C=O) groups is 3. The first-order chi connectivity index (χ1) is 15.1. The van der Waals surface area contributed by atoms with Gasteiger partial charge < -0.3 is 24.1 Å². The summed E-state index contributed by atoms with van der Waals surface area (Å²) >= 11 is 0. The van der Waals surface area contributed by atoms with Crippen molar-refractivity contribution in [2.45, 2.75) is 58.5 Å². The fourth-order valence-electron chi connectivity index (χ4n) is 5.97. The highest BCUT2D eigenvalue weighted by molar-refractivity contribution is 5.87. The summed E-state index contributed by atoms with van der Waals surface area (Å²) in [5, 5.41) is 10.1. The molecule has 8 heteroatoms. The summed E-state index contributed by atoms with van der Waals surface area (Å²) in [6.45, 7) is 8.91. The zero-order chi connectivity index (χ0) is 24.1. The molecule has 32 heavy (non-hydrogen) atoms. The Bertz CT molecular complexity index is 719. The van der Waals surface area contributed by atoms with Gasteiger partial charge in [-0.1, -0.05) is 32.4 Å². The highest BCUT2D eigenvalue weighted by Crippen LogP contribution is 2.60. The third-order valence-corrected chi connectivity index (χ3v) is 7.86. The number of rotatable bonds is 9. The molecule has 2 rings (SSSR count). The van der Waals surface area contributed by atoms with Crippen molar-refractivity contribution in [1.29, 1.82) is 0 Å². The smallest absolute Gasteiger partial charge is 0.335 e. The molecule has 0 aromatic heterocycles. The van der Waals surface area contributed by atoms with E-state index in [0.29, 0.717) is 0 Å². The lowest BCUT2D eigenvalue weighted by Crippen LogP contribution is -2.53. The van der Waals surface area contributed by atoms with Gasteiger partial charge >= 0.3 is 17.9 Å². The molecule has 2 aliphatic carbocycles. The molecule has 0 saturated heterocycles. The Morgan fingerprint density at radius 1 is 1.09 bits per heavy atom. The number of aliphatic hydroxyl groups is 1. The van der Waals surface area contributed by atoms with Crippen molar-refractivity contribution < 1.29 is 38.4 Å². The van der Waals surface area contributed by atoms with Gasteiger partial charge in [-0.05, 0) is 42.4 Å². The van der Waals surface area contributed by atoms with Crippen LogP contribution in [-0.2, 0) is 33.3 Å². The monoisotopic (exact) mass is 454 g/mol. The molecule has 1 N–H and O–H groups in total. The van der Waals surface area contributed by atoms with E-state index in [1.165, 1.54) is 21.3 Å². The van der Waals surface area contributed by atoms with E-state index in [1.807, 2.05) is 0 Å². The second-order valence-electron chi connectivity index (χ2n) is 9.66. The molecule has 2 aliphatic rings. The molecule has 8 nitrogen and oxygen atoms in total. The Morgan fingerprint density at radius 2 is 1.75 bits per heavy atom. The first-order valence-electron chi connectivity index (χ1n) is 11.2. The van der Waals surface area contributed by atoms with Crippen molar-refractivity contribution in [3.05, 3.63) is 12.2 Å². The van der Waals surface area contributed by atoms with Gasteiger partial charge in [0.15, 0.2) is 6.10 Å². The van der Waals surface area contributed by atoms with Crippen molar-refractivity contribution in [3.63, 3.8) is 0 Å². The largest absolute Gasteiger partial charge is 0.469 e. The van der Waals surface area contributed by atoms with Gasteiger partial charge in [-0.15, -0.1) is 0 Å². The third-order valence-electron chi connectivity index (χ3n) is 7.86. The van der Waals surface area contributed by atoms with E-state index in [2.05, 4.69) is 25.2 Å². The molecule has 2 fully saturated rings. The fourth-order valence-corrected chi connectivity index (χ4v) is 5.97. The van der Waals surface area contributed by atoms with Gasteiger partial charge in [0.05, 0.1) is 34.4 Å². The summed E-state index contributed by atoms with van der Waals surface area (Å²) in [7, 11) is 3.60. The van der Waals surface area contributed by atoms with E-state index in [9.17, 15) is 19.5 Å². The lowest BCUT2D eigenvalue weighted by molar-refractivity contribution is -0.174. The minimum atomic E-state index is -1.31. The molecule has 0 unspecified atom stereocenters. The molecule has 0 heterocycles. The maximum atomic E-state index is 12.5. The van der Waals surface area contributed by atoms with Crippen LogP contribution in [0.5, 0.6) is 0 Å². The van der Waals surface area contributed by atoms with Gasteiger partial charge in [0.1, 0.15) is 5.92 Å². The van der Waals surface area contributed by atoms with Crippen molar-refractivity contribution in [2.24, 2.45) is 28.6 Å². The lowest BCUT2D eigenvalue weighted by Gasteiger charge is -2.58. The molecule has 0 aromatic rings. The van der Waals surface area contributed by atoms with E-state index in [0.717, 1.165) is 37.7 Å². The lowest BCUT2D eigenvalue weighted by atomic mass is 9.47. The Labute approximate surface area is 190 Å². The van der Waals surface area contributed by atoms with Crippen molar-refractivity contribution in [2.75, 3.05) is 34.5 Å². The summed E-state index contributed by atoms with van der Waals surface area (Å²) < 4.78 is 20.4. The molecule has 0 spiro atoms. The fraction of sp³-hybridized carbons (Fsp3) is 0.792.